The molecule has 1 aromatic rings. The lowest BCUT2D eigenvalue weighted by Gasteiger charge is -2.22. The zero-order valence-electron chi connectivity index (χ0n) is 10.5. The monoisotopic (exact) mass is 286 g/mol. The lowest BCUT2D eigenvalue weighted by molar-refractivity contribution is 0.0949. The highest BCUT2D eigenvalue weighted by Gasteiger charge is 2.23. The van der Waals surface area contributed by atoms with Gasteiger partial charge in [-0.15, -0.1) is 0 Å². The Morgan fingerprint density at radius 1 is 1.32 bits per heavy atom. The Hall–Kier alpha value is -1.38. The molecule has 8 heteroatoms. The summed E-state index contributed by atoms with van der Waals surface area (Å²) < 4.78 is 26.9. The van der Waals surface area contributed by atoms with E-state index in [9.17, 15) is 13.2 Å². The van der Waals surface area contributed by atoms with E-state index in [0.29, 0.717) is 0 Å². The maximum Gasteiger partial charge on any atom is 0.281 e. The van der Waals surface area contributed by atoms with Crippen LogP contribution in [-0.4, -0.2) is 25.4 Å². The fraction of sp³-hybridized carbons (Fsp3) is 0.545. The number of amides is 1. The van der Waals surface area contributed by atoms with E-state index in [1.165, 1.54) is 12.3 Å². The predicted octanol–water partition coefficient (Wildman–Crippen LogP) is 0.229. The number of nitrogens with one attached hydrogen (secondary N) is 3. The summed E-state index contributed by atoms with van der Waals surface area (Å²) in [4.78, 5) is 13.9. The fourth-order valence-corrected chi connectivity index (χ4v) is 3.54. The minimum Gasteiger partial charge on any atom is -0.356 e. The molecule has 1 fully saturated rings. The number of sulfonamides is 1. The normalized spacial score (nSPS) is 17.3. The molecule has 5 N–H and O–H groups in total. The highest BCUT2D eigenvalue weighted by molar-refractivity contribution is 7.89. The molecule has 7 nitrogen and oxygen atoms in total. The Kier molecular flexibility index (Phi) is 4.23. The SMILES string of the molecule is NNC(=O)c1cc(S(=O)(=O)NC2CCCCC2)c[nH]1. The van der Waals surface area contributed by atoms with E-state index < -0.39 is 15.9 Å². The molecule has 1 amide bonds. The molecular formula is C11H18N4O3S. The number of rotatable bonds is 4. The summed E-state index contributed by atoms with van der Waals surface area (Å²) in [6.07, 6.45) is 6.25. The highest BCUT2D eigenvalue weighted by Crippen LogP contribution is 2.20. The lowest BCUT2D eigenvalue weighted by Crippen LogP contribution is -2.36. The average Bonchev–Trinajstić information content (AvgIpc) is 2.89. The second-order valence-electron chi connectivity index (χ2n) is 4.68. The zero-order valence-corrected chi connectivity index (χ0v) is 11.3. The van der Waals surface area contributed by atoms with Crippen LogP contribution in [0.2, 0.25) is 0 Å². The maximum absolute atomic E-state index is 12.1. The number of aromatic nitrogens is 1. The van der Waals surface area contributed by atoms with Crippen LogP contribution < -0.4 is 16.0 Å². The number of hydrazine groups is 1. The quantitative estimate of drug-likeness (QED) is 0.360. The Bertz CT molecular complexity index is 546. The van der Waals surface area contributed by atoms with E-state index >= 15 is 0 Å². The van der Waals surface area contributed by atoms with Gasteiger partial charge < -0.3 is 4.98 Å². The molecule has 0 atom stereocenters. The fourth-order valence-electron chi connectivity index (χ4n) is 2.25. The molecule has 0 aliphatic heterocycles. The number of aromatic amines is 1. The van der Waals surface area contributed by atoms with Gasteiger partial charge in [0.15, 0.2) is 0 Å². The van der Waals surface area contributed by atoms with Crippen LogP contribution in [0.4, 0.5) is 0 Å². The van der Waals surface area contributed by atoms with Crippen LogP contribution in [0.5, 0.6) is 0 Å². The summed E-state index contributed by atoms with van der Waals surface area (Å²) in [6, 6.07) is 1.26. The topological polar surface area (TPSA) is 117 Å². The number of carbonyl (C=O) groups is 1. The molecule has 2 rings (SSSR count). The van der Waals surface area contributed by atoms with Crippen LogP contribution in [0.3, 0.4) is 0 Å². The molecule has 1 aliphatic rings. The standard InChI is InChI=1S/C11H18N4O3S/c12-14-11(16)10-6-9(7-13-10)19(17,18)15-8-4-2-1-3-5-8/h6-8,13,15H,1-5,12H2,(H,14,16). The maximum atomic E-state index is 12.1. The van der Waals surface area contributed by atoms with Crippen LogP contribution in [0.15, 0.2) is 17.2 Å². The molecule has 0 spiro atoms. The summed E-state index contributed by atoms with van der Waals surface area (Å²) in [5, 5.41) is 0. The van der Waals surface area contributed by atoms with E-state index in [0.717, 1.165) is 32.1 Å². The van der Waals surface area contributed by atoms with Crippen molar-refractivity contribution in [2.45, 2.75) is 43.0 Å². The van der Waals surface area contributed by atoms with E-state index in [4.69, 9.17) is 5.84 Å². The molecule has 0 unspecified atom stereocenters. The first kappa shape index (κ1) is 14.0. The van der Waals surface area contributed by atoms with E-state index in [1.807, 2.05) is 5.43 Å². The summed E-state index contributed by atoms with van der Waals surface area (Å²) in [5.41, 5.74) is 2.06. The van der Waals surface area contributed by atoms with Crippen LogP contribution in [-0.2, 0) is 10.0 Å². The van der Waals surface area contributed by atoms with Gasteiger partial charge in [0.2, 0.25) is 10.0 Å². The van der Waals surface area contributed by atoms with Crippen molar-refractivity contribution in [2.75, 3.05) is 0 Å². The smallest absolute Gasteiger partial charge is 0.281 e. The third kappa shape index (κ3) is 3.34. The summed E-state index contributed by atoms with van der Waals surface area (Å²) in [6.45, 7) is 0. The van der Waals surface area contributed by atoms with Crippen molar-refractivity contribution in [1.29, 1.82) is 0 Å². The van der Waals surface area contributed by atoms with Gasteiger partial charge in [-0.3, -0.25) is 10.2 Å². The van der Waals surface area contributed by atoms with Crippen molar-refractivity contribution in [1.82, 2.24) is 15.1 Å². The number of nitrogens with two attached hydrogens (primary N) is 1. The van der Waals surface area contributed by atoms with Gasteiger partial charge >= 0.3 is 0 Å². The van der Waals surface area contributed by atoms with Gasteiger partial charge in [0.25, 0.3) is 5.91 Å². The van der Waals surface area contributed by atoms with Crippen molar-refractivity contribution in [2.24, 2.45) is 5.84 Å². The van der Waals surface area contributed by atoms with Crippen LogP contribution >= 0.6 is 0 Å². The average molecular weight is 286 g/mol. The minimum absolute atomic E-state index is 0.0135. The van der Waals surface area contributed by atoms with Crippen molar-refractivity contribution < 1.29 is 13.2 Å². The molecule has 0 radical (unpaired) electrons. The van der Waals surface area contributed by atoms with Gasteiger partial charge in [0.05, 0.1) is 0 Å². The Morgan fingerprint density at radius 3 is 2.63 bits per heavy atom. The third-order valence-electron chi connectivity index (χ3n) is 3.27. The van der Waals surface area contributed by atoms with Gasteiger partial charge in [-0.1, -0.05) is 19.3 Å². The van der Waals surface area contributed by atoms with E-state index in [2.05, 4.69) is 9.71 Å². The second-order valence-corrected chi connectivity index (χ2v) is 6.39. The first-order chi connectivity index (χ1) is 9.03. The molecule has 0 aromatic carbocycles. The molecule has 106 valence electrons. The van der Waals surface area contributed by atoms with Crippen molar-refractivity contribution in [3.63, 3.8) is 0 Å². The van der Waals surface area contributed by atoms with Crippen LogP contribution in [0.1, 0.15) is 42.6 Å². The first-order valence-electron chi connectivity index (χ1n) is 6.24. The molecule has 19 heavy (non-hydrogen) atoms. The molecule has 1 aromatic heterocycles. The minimum atomic E-state index is -3.58. The number of carbonyl (C=O) groups excluding carboxylic acids is 1. The number of hydrogen-bond acceptors (Lipinski definition) is 4. The van der Waals surface area contributed by atoms with Gasteiger partial charge in [0.1, 0.15) is 10.6 Å². The summed E-state index contributed by atoms with van der Waals surface area (Å²) in [5.74, 6) is 4.43. The van der Waals surface area contributed by atoms with Gasteiger partial charge in [0, 0.05) is 12.2 Å². The predicted molar refractivity (Wildman–Crippen MR) is 69.6 cm³/mol. The molecule has 1 aliphatic carbocycles. The molecule has 0 saturated heterocycles. The summed E-state index contributed by atoms with van der Waals surface area (Å²) in [7, 11) is -3.58. The zero-order chi connectivity index (χ0) is 13.9. The lowest BCUT2D eigenvalue weighted by atomic mass is 9.96. The number of nitrogen functional groups attached to an aromatic ring is 1. The van der Waals surface area contributed by atoms with Crippen LogP contribution in [0.25, 0.3) is 0 Å². The Labute approximate surface area is 112 Å². The molecule has 1 saturated carbocycles. The van der Waals surface area contributed by atoms with Crippen LogP contribution in [0, 0.1) is 0 Å². The molecule has 1 heterocycles. The van der Waals surface area contributed by atoms with Gasteiger partial charge in [-0.25, -0.2) is 19.0 Å². The number of H-pyrrole nitrogens is 1. The van der Waals surface area contributed by atoms with Gasteiger partial charge in [-0.05, 0) is 18.9 Å². The molecular weight excluding hydrogens is 268 g/mol. The largest absolute Gasteiger partial charge is 0.356 e. The summed E-state index contributed by atoms with van der Waals surface area (Å²) >= 11 is 0. The van der Waals surface area contributed by atoms with Crippen molar-refractivity contribution >= 4 is 15.9 Å². The Morgan fingerprint density at radius 2 is 2.00 bits per heavy atom. The highest BCUT2D eigenvalue weighted by atomic mass is 32.2. The third-order valence-corrected chi connectivity index (χ3v) is 4.77. The Balaban J connectivity index is 2.10. The molecule has 0 bridgehead atoms. The van der Waals surface area contributed by atoms with Crippen molar-refractivity contribution in [3.8, 4) is 0 Å². The van der Waals surface area contributed by atoms with Gasteiger partial charge in [-0.2, -0.15) is 0 Å². The van der Waals surface area contributed by atoms with E-state index in [1.54, 1.807) is 0 Å². The second kappa shape index (κ2) is 5.72. The van der Waals surface area contributed by atoms with E-state index in [-0.39, 0.29) is 16.6 Å². The van der Waals surface area contributed by atoms with Crippen molar-refractivity contribution in [3.05, 3.63) is 18.0 Å². The first-order valence-corrected chi connectivity index (χ1v) is 7.73. The number of hydrogen-bond donors (Lipinski definition) is 4.